The van der Waals surface area contributed by atoms with E-state index >= 15 is 0 Å². The quantitative estimate of drug-likeness (QED) is 0.827. The number of hydrogen-bond acceptors (Lipinski definition) is 4. The number of rotatable bonds is 5. The summed E-state index contributed by atoms with van der Waals surface area (Å²) >= 11 is 0. The first-order valence-electron chi connectivity index (χ1n) is 6.49. The fraction of sp³-hybridized carbons (Fsp3) is 0.188. The molecule has 0 bridgehead atoms. The molecule has 0 aliphatic heterocycles. The van der Waals surface area contributed by atoms with Gasteiger partial charge in [0.25, 0.3) is 5.91 Å². The Morgan fingerprint density at radius 2 is 1.86 bits per heavy atom. The van der Waals surface area contributed by atoms with Crippen LogP contribution < -0.4 is 20.5 Å². The van der Waals surface area contributed by atoms with Gasteiger partial charge >= 0.3 is 0 Å². The first-order chi connectivity index (χ1) is 10.2. The highest BCUT2D eigenvalue weighted by molar-refractivity contribution is 6.00. The van der Waals surface area contributed by atoms with Crippen LogP contribution in [0.15, 0.2) is 42.5 Å². The van der Waals surface area contributed by atoms with E-state index < -0.39 is 0 Å². The summed E-state index contributed by atoms with van der Waals surface area (Å²) in [4.78, 5) is 12.3. The average Bonchev–Trinajstić information content (AvgIpc) is 2.53. The van der Waals surface area contributed by atoms with Gasteiger partial charge in [-0.2, -0.15) is 0 Å². The van der Waals surface area contributed by atoms with Crippen LogP contribution >= 0.6 is 0 Å². The average molecular weight is 286 g/mol. The zero-order chi connectivity index (χ0) is 15.2. The van der Waals surface area contributed by atoms with Gasteiger partial charge in [-0.1, -0.05) is 30.3 Å². The second kappa shape index (κ2) is 6.65. The van der Waals surface area contributed by atoms with Crippen LogP contribution in [0, 0.1) is 0 Å². The van der Waals surface area contributed by atoms with Gasteiger partial charge in [-0.3, -0.25) is 4.79 Å². The van der Waals surface area contributed by atoms with Crippen molar-refractivity contribution in [3.8, 4) is 11.5 Å². The van der Waals surface area contributed by atoms with E-state index in [1.54, 1.807) is 12.1 Å². The van der Waals surface area contributed by atoms with Crippen LogP contribution in [-0.2, 0) is 6.54 Å². The Morgan fingerprint density at radius 3 is 2.48 bits per heavy atom. The van der Waals surface area contributed by atoms with Crippen LogP contribution in [0.4, 0.5) is 5.69 Å². The Morgan fingerprint density at radius 1 is 1.14 bits per heavy atom. The van der Waals surface area contributed by atoms with Crippen molar-refractivity contribution in [3.63, 3.8) is 0 Å². The van der Waals surface area contributed by atoms with Crippen molar-refractivity contribution in [2.75, 3.05) is 20.0 Å². The van der Waals surface area contributed by atoms with Gasteiger partial charge in [0.2, 0.25) is 0 Å². The number of nitrogens with two attached hydrogens (primary N) is 1. The molecule has 2 aromatic rings. The van der Waals surface area contributed by atoms with Crippen molar-refractivity contribution >= 4 is 11.6 Å². The third-order valence-electron chi connectivity index (χ3n) is 3.11. The summed E-state index contributed by atoms with van der Waals surface area (Å²) in [5.41, 5.74) is 7.59. The maximum atomic E-state index is 12.3. The van der Waals surface area contributed by atoms with Crippen LogP contribution in [0.1, 0.15) is 15.9 Å². The van der Waals surface area contributed by atoms with Crippen LogP contribution in [0.2, 0.25) is 0 Å². The molecule has 5 nitrogen and oxygen atoms in total. The predicted octanol–water partition coefficient (Wildman–Crippen LogP) is 2.22. The molecule has 110 valence electrons. The Balaban J connectivity index is 2.18. The summed E-state index contributed by atoms with van der Waals surface area (Å²) < 4.78 is 10.3. The lowest BCUT2D eigenvalue weighted by Gasteiger charge is -2.13. The standard InChI is InChI=1S/C16H18N2O3/c1-20-12-8-13(15(17)14(9-12)21-2)16(19)18-10-11-6-4-3-5-7-11/h3-9H,10,17H2,1-2H3,(H,18,19). The van der Waals surface area contributed by atoms with Crippen molar-refractivity contribution in [1.29, 1.82) is 0 Å². The van der Waals surface area contributed by atoms with Gasteiger partial charge in [-0.05, 0) is 11.6 Å². The molecular weight excluding hydrogens is 268 g/mol. The molecule has 0 spiro atoms. The van der Waals surface area contributed by atoms with Crippen LogP contribution in [-0.4, -0.2) is 20.1 Å². The molecule has 5 heteroatoms. The smallest absolute Gasteiger partial charge is 0.253 e. The van der Waals surface area contributed by atoms with E-state index in [0.29, 0.717) is 29.3 Å². The lowest BCUT2D eigenvalue weighted by atomic mass is 10.1. The summed E-state index contributed by atoms with van der Waals surface area (Å²) in [6.45, 7) is 0.429. The highest BCUT2D eigenvalue weighted by Crippen LogP contribution is 2.30. The second-order valence-electron chi connectivity index (χ2n) is 4.46. The predicted molar refractivity (Wildman–Crippen MR) is 81.6 cm³/mol. The number of hydrogen-bond donors (Lipinski definition) is 2. The van der Waals surface area contributed by atoms with Crippen molar-refractivity contribution in [2.45, 2.75) is 6.54 Å². The number of carbonyl (C=O) groups excluding carboxylic acids is 1. The molecule has 0 unspecified atom stereocenters. The van der Waals surface area contributed by atoms with Gasteiger partial charge in [0, 0.05) is 12.6 Å². The zero-order valence-electron chi connectivity index (χ0n) is 12.1. The molecule has 0 radical (unpaired) electrons. The summed E-state index contributed by atoms with van der Waals surface area (Å²) in [6.07, 6.45) is 0. The molecule has 0 saturated heterocycles. The van der Waals surface area contributed by atoms with Crippen LogP contribution in [0.3, 0.4) is 0 Å². The number of ether oxygens (including phenoxy) is 2. The molecule has 0 fully saturated rings. The fourth-order valence-corrected chi connectivity index (χ4v) is 1.95. The molecule has 0 heterocycles. The maximum Gasteiger partial charge on any atom is 0.253 e. The van der Waals surface area contributed by atoms with Gasteiger partial charge in [0.15, 0.2) is 0 Å². The molecule has 2 aromatic carbocycles. The largest absolute Gasteiger partial charge is 0.497 e. The molecule has 0 aromatic heterocycles. The molecule has 1 amide bonds. The Kier molecular flexibility index (Phi) is 4.66. The number of benzene rings is 2. The fourth-order valence-electron chi connectivity index (χ4n) is 1.95. The van der Waals surface area contributed by atoms with E-state index in [1.165, 1.54) is 14.2 Å². The monoisotopic (exact) mass is 286 g/mol. The molecule has 0 aliphatic rings. The minimum absolute atomic E-state index is 0.270. The van der Waals surface area contributed by atoms with E-state index in [4.69, 9.17) is 15.2 Å². The number of nitrogens with one attached hydrogen (secondary N) is 1. The number of methoxy groups -OCH3 is 2. The van der Waals surface area contributed by atoms with Gasteiger partial charge in [-0.25, -0.2) is 0 Å². The summed E-state index contributed by atoms with van der Waals surface area (Å²) in [5, 5.41) is 2.83. The van der Waals surface area contributed by atoms with Crippen molar-refractivity contribution < 1.29 is 14.3 Å². The first-order valence-corrected chi connectivity index (χ1v) is 6.49. The molecule has 0 saturated carbocycles. The summed E-state index contributed by atoms with van der Waals surface area (Å²) in [5.74, 6) is 0.665. The number of amides is 1. The topological polar surface area (TPSA) is 73.6 Å². The number of anilines is 1. The van der Waals surface area contributed by atoms with Gasteiger partial charge in [0.1, 0.15) is 11.5 Å². The van der Waals surface area contributed by atoms with Crippen molar-refractivity contribution in [3.05, 3.63) is 53.6 Å². The highest BCUT2D eigenvalue weighted by Gasteiger charge is 2.15. The van der Waals surface area contributed by atoms with Gasteiger partial charge in [0.05, 0.1) is 25.5 Å². The van der Waals surface area contributed by atoms with Crippen LogP contribution in [0.5, 0.6) is 11.5 Å². The third-order valence-corrected chi connectivity index (χ3v) is 3.11. The number of nitrogen functional groups attached to an aromatic ring is 1. The molecule has 0 atom stereocenters. The molecule has 21 heavy (non-hydrogen) atoms. The van der Waals surface area contributed by atoms with Crippen LogP contribution in [0.25, 0.3) is 0 Å². The van der Waals surface area contributed by atoms with E-state index in [0.717, 1.165) is 5.56 Å². The van der Waals surface area contributed by atoms with Gasteiger partial charge < -0.3 is 20.5 Å². The van der Waals surface area contributed by atoms with E-state index in [1.807, 2.05) is 30.3 Å². The van der Waals surface area contributed by atoms with Crippen molar-refractivity contribution in [2.24, 2.45) is 0 Å². The summed E-state index contributed by atoms with van der Waals surface area (Å²) in [7, 11) is 3.02. The Labute approximate surface area is 123 Å². The van der Waals surface area contributed by atoms with Crippen molar-refractivity contribution in [1.82, 2.24) is 5.32 Å². The highest BCUT2D eigenvalue weighted by atomic mass is 16.5. The maximum absolute atomic E-state index is 12.3. The molecule has 0 aliphatic carbocycles. The van der Waals surface area contributed by atoms with E-state index in [2.05, 4.69) is 5.32 Å². The normalized spacial score (nSPS) is 10.0. The minimum atomic E-state index is -0.270. The molecule has 2 rings (SSSR count). The minimum Gasteiger partial charge on any atom is -0.497 e. The Hall–Kier alpha value is -2.69. The van der Waals surface area contributed by atoms with E-state index in [9.17, 15) is 4.79 Å². The van der Waals surface area contributed by atoms with E-state index in [-0.39, 0.29) is 5.91 Å². The lowest BCUT2D eigenvalue weighted by molar-refractivity contribution is 0.0951. The number of carbonyl (C=O) groups is 1. The SMILES string of the molecule is COc1cc(OC)c(N)c(C(=O)NCc2ccccc2)c1. The molecular formula is C16H18N2O3. The third kappa shape index (κ3) is 3.45. The lowest BCUT2D eigenvalue weighted by Crippen LogP contribution is -2.24. The molecule has 3 N–H and O–H groups in total. The first kappa shape index (κ1) is 14.7. The Bertz CT molecular complexity index is 627. The van der Waals surface area contributed by atoms with Gasteiger partial charge in [-0.15, -0.1) is 0 Å². The zero-order valence-corrected chi connectivity index (χ0v) is 12.1. The summed E-state index contributed by atoms with van der Waals surface area (Å²) in [6, 6.07) is 12.9. The second-order valence-corrected chi connectivity index (χ2v) is 4.46.